The van der Waals surface area contributed by atoms with Gasteiger partial charge in [-0.05, 0) is 19.3 Å². The van der Waals surface area contributed by atoms with Gasteiger partial charge in [0.25, 0.3) is 0 Å². The average Bonchev–Trinajstić information content (AvgIpc) is 2.38. The molecule has 8 nitrogen and oxygen atoms in total. The third kappa shape index (κ3) is 8.30. The van der Waals surface area contributed by atoms with E-state index in [9.17, 15) is 9.59 Å². The number of guanidine groups is 1. The number of hydrogen-bond acceptors (Lipinski definition) is 4. The predicted molar refractivity (Wildman–Crippen MR) is 77.0 cm³/mol. The van der Waals surface area contributed by atoms with Crippen LogP contribution in [0.1, 0.15) is 39.0 Å². The van der Waals surface area contributed by atoms with E-state index in [1.807, 2.05) is 6.92 Å². The van der Waals surface area contributed by atoms with Crippen molar-refractivity contribution in [1.29, 1.82) is 0 Å². The van der Waals surface area contributed by atoms with E-state index in [0.29, 0.717) is 19.4 Å². The number of carboxylic acids is 1. The Morgan fingerprint density at radius 3 is 2.40 bits per heavy atom. The minimum atomic E-state index is -1.09. The molecule has 0 fully saturated rings. The third-order valence-corrected chi connectivity index (χ3v) is 2.77. The fraction of sp³-hybridized carbons (Fsp3) is 0.750. The van der Waals surface area contributed by atoms with Gasteiger partial charge < -0.3 is 27.6 Å². The van der Waals surface area contributed by atoms with Gasteiger partial charge in [-0.15, -0.1) is 0 Å². The molecular formula is C12H25N5O3. The number of nitrogens with zero attached hydrogens (tertiary/aromatic N) is 1. The summed E-state index contributed by atoms with van der Waals surface area (Å²) in [7, 11) is 0. The number of unbranched alkanes of at least 4 members (excludes halogenated alkanes) is 1. The summed E-state index contributed by atoms with van der Waals surface area (Å²) in [4.78, 5) is 26.5. The van der Waals surface area contributed by atoms with Crippen LogP contribution in [-0.2, 0) is 9.59 Å². The van der Waals surface area contributed by atoms with Crippen LogP contribution in [0.2, 0.25) is 0 Å². The summed E-state index contributed by atoms with van der Waals surface area (Å²) in [6.45, 7) is 2.32. The van der Waals surface area contributed by atoms with Gasteiger partial charge in [0.1, 0.15) is 6.04 Å². The highest BCUT2D eigenvalue weighted by atomic mass is 16.4. The Bertz CT molecular complexity index is 342. The van der Waals surface area contributed by atoms with E-state index in [-0.39, 0.29) is 12.4 Å². The van der Waals surface area contributed by atoms with Crippen molar-refractivity contribution in [1.82, 2.24) is 5.32 Å². The van der Waals surface area contributed by atoms with Crippen LogP contribution in [0, 0.1) is 0 Å². The van der Waals surface area contributed by atoms with Crippen molar-refractivity contribution in [3.63, 3.8) is 0 Å². The summed E-state index contributed by atoms with van der Waals surface area (Å²) < 4.78 is 0. The Labute approximate surface area is 118 Å². The predicted octanol–water partition coefficient (Wildman–Crippen LogP) is -0.873. The number of aliphatic imine (C=N–C) groups is 1. The van der Waals surface area contributed by atoms with Gasteiger partial charge in [-0.3, -0.25) is 9.79 Å². The number of nitrogens with two attached hydrogens (primary N) is 3. The van der Waals surface area contributed by atoms with Crippen LogP contribution in [-0.4, -0.2) is 41.6 Å². The molecule has 2 atom stereocenters. The largest absolute Gasteiger partial charge is 0.480 e. The van der Waals surface area contributed by atoms with Gasteiger partial charge in [0, 0.05) is 6.54 Å². The number of rotatable bonds is 10. The lowest BCUT2D eigenvalue weighted by Gasteiger charge is -2.17. The van der Waals surface area contributed by atoms with Gasteiger partial charge in [0.05, 0.1) is 6.04 Å². The van der Waals surface area contributed by atoms with Crippen molar-refractivity contribution in [3.8, 4) is 0 Å². The smallest absolute Gasteiger partial charge is 0.326 e. The van der Waals surface area contributed by atoms with E-state index < -0.39 is 24.0 Å². The molecule has 0 saturated carbocycles. The Morgan fingerprint density at radius 1 is 1.25 bits per heavy atom. The zero-order valence-electron chi connectivity index (χ0n) is 11.8. The Morgan fingerprint density at radius 2 is 1.90 bits per heavy atom. The SMILES string of the molecule is CCCC[C@H](N)C(=O)N[C@@H](CCCN=C(N)N)C(=O)O. The Balaban J connectivity index is 4.22. The molecule has 0 aliphatic heterocycles. The summed E-state index contributed by atoms with van der Waals surface area (Å²) in [5.41, 5.74) is 16.0. The highest BCUT2D eigenvalue weighted by Crippen LogP contribution is 2.02. The van der Waals surface area contributed by atoms with Crippen LogP contribution in [0.25, 0.3) is 0 Å². The molecule has 0 aromatic heterocycles. The summed E-state index contributed by atoms with van der Waals surface area (Å²) in [5.74, 6) is -1.57. The molecule has 0 aromatic carbocycles. The lowest BCUT2D eigenvalue weighted by molar-refractivity contribution is -0.142. The Kier molecular flexibility index (Phi) is 9.10. The normalized spacial score (nSPS) is 13.3. The maximum atomic E-state index is 11.7. The standard InChI is InChI=1S/C12H25N5O3/c1-2-3-5-8(13)10(18)17-9(11(19)20)6-4-7-16-12(14)15/h8-9H,2-7,13H2,1H3,(H,17,18)(H,19,20)(H4,14,15,16)/t8-,9-/m0/s1. The molecule has 8 N–H and O–H groups in total. The number of carbonyl (C=O) groups is 2. The summed E-state index contributed by atoms with van der Waals surface area (Å²) in [6.07, 6.45) is 3.01. The molecule has 0 bridgehead atoms. The zero-order chi connectivity index (χ0) is 15.5. The monoisotopic (exact) mass is 287 g/mol. The second kappa shape index (κ2) is 10.0. The first-order valence-corrected chi connectivity index (χ1v) is 6.72. The first-order chi connectivity index (χ1) is 9.38. The zero-order valence-corrected chi connectivity index (χ0v) is 11.8. The highest BCUT2D eigenvalue weighted by molar-refractivity contribution is 5.86. The third-order valence-electron chi connectivity index (χ3n) is 2.77. The lowest BCUT2D eigenvalue weighted by atomic mass is 10.1. The first-order valence-electron chi connectivity index (χ1n) is 6.72. The molecule has 20 heavy (non-hydrogen) atoms. The van der Waals surface area contributed by atoms with E-state index in [1.54, 1.807) is 0 Å². The van der Waals surface area contributed by atoms with E-state index >= 15 is 0 Å². The van der Waals surface area contributed by atoms with E-state index in [2.05, 4.69) is 10.3 Å². The maximum Gasteiger partial charge on any atom is 0.326 e. The van der Waals surface area contributed by atoms with Gasteiger partial charge in [-0.25, -0.2) is 4.79 Å². The molecule has 1 amide bonds. The average molecular weight is 287 g/mol. The van der Waals surface area contributed by atoms with Crippen LogP contribution in [0.5, 0.6) is 0 Å². The van der Waals surface area contributed by atoms with Crippen LogP contribution in [0.4, 0.5) is 0 Å². The van der Waals surface area contributed by atoms with Crippen LogP contribution in [0.3, 0.4) is 0 Å². The molecule has 0 heterocycles. The van der Waals surface area contributed by atoms with Crippen molar-refractivity contribution >= 4 is 17.8 Å². The summed E-state index contributed by atoms with van der Waals surface area (Å²) in [6, 6.07) is -1.64. The van der Waals surface area contributed by atoms with Crippen molar-refractivity contribution in [2.24, 2.45) is 22.2 Å². The van der Waals surface area contributed by atoms with E-state index in [1.165, 1.54) is 0 Å². The molecule has 0 saturated heterocycles. The number of hydrogen-bond donors (Lipinski definition) is 5. The Hall–Kier alpha value is -1.83. The van der Waals surface area contributed by atoms with Crippen molar-refractivity contribution in [3.05, 3.63) is 0 Å². The van der Waals surface area contributed by atoms with Gasteiger partial charge >= 0.3 is 5.97 Å². The minimum Gasteiger partial charge on any atom is -0.480 e. The van der Waals surface area contributed by atoms with Gasteiger partial charge in [0.15, 0.2) is 5.96 Å². The molecular weight excluding hydrogens is 262 g/mol. The van der Waals surface area contributed by atoms with Crippen LogP contribution >= 0.6 is 0 Å². The van der Waals surface area contributed by atoms with Crippen LogP contribution < -0.4 is 22.5 Å². The lowest BCUT2D eigenvalue weighted by Crippen LogP contribution is -2.48. The topological polar surface area (TPSA) is 157 Å². The van der Waals surface area contributed by atoms with E-state index in [0.717, 1.165) is 12.8 Å². The molecule has 116 valence electrons. The van der Waals surface area contributed by atoms with Gasteiger partial charge in [-0.1, -0.05) is 19.8 Å². The maximum absolute atomic E-state index is 11.7. The highest BCUT2D eigenvalue weighted by Gasteiger charge is 2.22. The molecule has 0 aliphatic rings. The van der Waals surface area contributed by atoms with Crippen LogP contribution in [0.15, 0.2) is 4.99 Å². The summed E-state index contributed by atoms with van der Waals surface area (Å²) in [5, 5.41) is 11.5. The van der Waals surface area contributed by atoms with Gasteiger partial charge in [0.2, 0.25) is 5.91 Å². The summed E-state index contributed by atoms with van der Waals surface area (Å²) >= 11 is 0. The minimum absolute atomic E-state index is 0.0394. The number of carboxylic acid groups (broad SMARTS) is 1. The number of aliphatic carboxylic acids is 1. The quantitative estimate of drug-likeness (QED) is 0.199. The fourth-order valence-electron chi connectivity index (χ4n) is 1.59. The molecule has 0 unspecified atom stereocenters. The van der Waals surface area contributed by atoms with Crippen molar-refractivity contribution in [2.45, 2.75) is 51.1 Å². The molecule has 0 radical (unpaired) electrons. The first kappa shape index (κ1) is 18.2. The number of nitrogens with one attached hydrogen (secondary N) is 1. The second-order valence-corrected chi connectivity index (χ2v) is 4.60. The molecule has 0 spiro atoms. The molecule has 0 rings (SSSR count). The number of amides is 1. The fourth-order valence-corrected chi connectivity index (χ4v) is 1.59. The number of carbonyl (C=O) groups excluding carboxylic acids is 1. The molecule has 0 aromatic rings. The van der Waals surface area contributed by atoms with E-state index in [4.69, 9.17) is 22.3 Å². The van der Waals surface area contributed by atoms with Gasteiger partial charge in [-0.2, -0.15) is 0 Å². The molecule has 0 aliphatic carbocycles. The van der Waals surface area contributed by atoms with Crippen molar-refractivity contribution < 1.29 is 14.7 Å². The van der Waals surface area contributed by atoms with Crippen molar-refractivity contribution in [2.75, 3.05) is 6.54 Å². The molecule has 8 heteroatoms. The second-order valence-electron chi connectivity index (χ2n) is 4.60.